The highest BCUT2D eigenvalue weighted by molar-refractivity contribution is 6.06. The third-order valence-corrected chi connectivity index (χ3v) is 3.04. The zero-order valence-electron chi connectivity index (χ0n) is 12.0. The molecule has 1 amide bonds. The zero-order chi connectivity index (χ0) is 17.1. The van der Waals surface area contributed by atoms with E-state index in [2.05, 4.69) is 5.32 Å². The number of amides is 1. The van der Waals surface area contributed by atoms with Crippen molar-refractivity contribution in [3.8, 4) is 0 Å². The predicted octanol–water partition coefficient (Wildman–Crippen LogP) is 2.65. The summed E-state index contributed by atoms with van der Waals surface area (Å²) >= 11 is 0. The smallest absolute Gasteiger partial charge is 0.277 e. The van der Waals surface area contributed by atoms with Crippen LogP contribution in [0.15, 0.2) is 36.4 Å². The Morgan fingerprint density at radius 1 is 1.04 bits per heavy atom. The number of nitrogens with zero attached hydrogens (tertiary/aromatic N) is 2. The summed E-state index contributed by atoms with van der Waals surface area (Å²) in [5, 5.41) is 24.1. The summed E-state index contributed by atoms with van der Waals surface area (Å²) in [6.07, 6.45) is 0. The number of nitrogens with one attached hydrogen (secondary N) is 1. The number of non-ortho nitro benzene ring substituents is 2. The van der Waals surface area contributed by atoms with Crippen LogP contribution in [0.3, 0.4) is 0 Å². The van der Waals surface area contributed by atoms with Gasteiger partial charge in [-0.15, -0.1) is 0 Å². The minimum absolute atomic E-state index is 0.203. The van der Waals surface area contributed by atoms with Crippen LogP contribution < -0.4 is 11.1 Å². The van der Waals surface area contributed by atoms with E-state index in [4.69, 9.17) is 5.73 Å². The molecule has 0 unspecified atom stereocenters. The summed E-state index contributed by atoms with van der Waals surface area (Å²) in [6, 6.07) is 7.66. The average molecular weight is 316 g/mol. The van der Waals surface area contributed by atoms with Crippen LogP contribution in [-0.4, -0.2) is 15.8 Å². The second-order valence-electron chi connectivity index (χ2n) is 4.80. The van der Waals surface area contributed by atoms with Crippen LogP contribution in [0, 0.1) is 27.2 Å². The first kappa shape index (κ1) is 15.9. The number of nitrogens with two attached hydrogens (primary N) is 1. The largest absolute Gasteiger partial charge is 0.397 e. The number of hydrogen-bond acceptors (Lipinski definition) is 6. The second kappa shape index (κ2) is 6.10. The van der Waals surface area contributed by atoms with Crippen LogP contribution in [-0.2, 0) is 0 Å². The fourth-order valence-corrected chi connectivity index (χ4v) is 1.93. The molecule has 0 aromatic heterocycles. The Labute approximate surface area is 130 Å². The van der Waals surface area contributed by atoms with Crippen molar-refractivity contribution in [3.05, 3.63) is 67.8 Å². The standard InChI is InChI=1S/C14H12N4O5/c1-8-2-3-13(12(15)4-8)16-14(19)9-5-10(17(20)21)7-11(6-9)18(22)23/h2-7H,15H2,1H3,(H,16,19). The minimum atomic E-state index is -0.802. The Morgan fingerprint density at radius 3 is 2.09 bits per heavy atom. The number of nitrogen functional groups attached to an aromatic ring is 1. The topological polar surface area (TPSA) is 141 Å². The van der Waals surface area contributed by atoms with Gasteiger partial charge in [0.2, 0.25) is 0 Å². The van der Waals surface area contributed by atoms with Crippen LogP contribution in [0.4, 0.5) is 22.7 Å². The Kier molecular flexibility index (Phi) is 4.21. The van der Waals surface area contributed by atoms with Crippen molar-refractivity contribution in [3.63, 3.8) is 0 Å². The molecule has 0 aliphatic rings. The maximum atomic E-state index is 12.2. The van der Waals surface area contributed by atoms with Gasteiger partial charge in [0, 0.05) is 12.1 Å². The number of aryl methyl sites for hydroxylation is 1. The molecule has 9 nitrogen and oxygen atoms in total. The van der Waals surface area contributed by atoms with E-state index in [0.717, 1.165) is 23.8 Å². The molecule has 0 atom stereocenters. The summed E-state index contributed by atoms with van der Waals surface area (Å²) in [4.78, 5) is 32.2. The van der Waals surface area contributed by atoms with Crippen LogP contribution in [0.5, 0.6) is 0 Å². The van der Waals surface area contributed by atoms with Gasteiger partial charge in [0.25, 0.3) is 17.3 Å². The fourth-order valence-electron chi connectivity index (χ4n) is 1.93. The van der Waals surface area contributed by atoms with E-state index >= 15 is 0 Å². The number of hydrogen-bond donors (Lipinski definition) is 2. The van der Waals surface area contributed by atoms with Crippen LogP contribution in [0.1, 0.15) is 15.9 Å². The van der Waals surface area contributed by atoms with Crippen LogP contribution in [0.2, 0.25) is 0 Å². The van der Waals surface area contributed by atoms with Crippen LogP contribution in [0.25, 0.3) is 0 Å². The minimum Gasteiger partial charge on any atom is -0.397 e. The van der Waals surface area contributed by atoms with Gasteiger partial charge in [0.05, 0.1) is 32.9 Å². The zero-order valence-corrected chi connectivity index (χ0v) is 12.0. The van der Waals surface area contributed by atoms with E-state index in [9.17, 15) is 25.0 Å². The maximum absolute atomic E-state index is 12.2. The van der Waals surface area contributed by atoms with E-state index in [-0.39, 0.29) is 5.56 Å². The average Bonchev–Trinajstić information content (AvgIpc) is 2.49. The Balaban J connectivity index is 2.38. The lowest BCUT2D eigenvalue weighted by atomic mass is 10.1. The van der Waals surface area contributed by atoms with E-state index < -0.39 is 27.1 Å². The lowest BCUT2D eigenvalue weighted by Crippen LogP contribution is -2.14. The van der Waals surface area contributed by atoms with Gasteiger partial charge >= 0.3 is 0 Å². The van der Waals surface area contributed by atoms with Gasteiger partial charge < -0.3 is 11.1 Å². The normalized spacial score (nSPS) is 10.1. The fraction of sp³-hybridized carbons (Fsp3) is 0.0714. The van der Waals surface area contributed by atoms with Crippen molar-refractivity contribution < 1.29 is 14.6 Å². The van der Waals surface area contributed by atoms with E-state index in [1.807, 2.05) is 6.92 Å². The Morgan fingerprint density at radius 2 is 1.61 bits per heavy atom. The molecule has 0 heterocycles. The van der Waals surface area contributed by atoms with Crippen molar-refractivity contribution in [1.82, 2.24) is 0 Å². The molecular weight excluding hydrogens is 304 g/mol. The number of carbonyl (C=O) groups is 1. The molecule has 2 rings (SSSR count). The molecule has 118 valence electrons. The highest BCUT2D eigenvalue weighted by Crippen LogP contribution is 2.25. The molecule has 3 N–H and O–H groups in total. The first-order valence-corrected chi connectivity index (χ1v) is 6.39. The summed E-state index contributed by atoms with van der Waals surface area (Å²) in [7, 11) is 0. The summed E-state index contributed by atoms with van der Waals surface area (Å²) < 4.78 is 0. The van der Waals surface area contributed by atoms with Crippen molar-refractivity contribution in [1.29, 1.82) is 0 Å². The van der Waals surface area contributed by atoms with Crippen molar-refractivity contribution in [2.45, 2.75) is 6.92 Å². The molecule has 0 saturated heterocycles. The Bertz CT molecular complexity index is 787. The third kappa shape index (κ3) is 3.59. The highest BCUT2D eigenvalue weighted by atomic mass is 16.6. The molecule has 2 aromatic rings. The monoisotopic (exact) mass is 316 g/mol. The Hall–Kier alpha value is -3.49. The van der Waals surface area contributed by atoms with Crippen molar-refractivity contribution >= 4 is 28.7 Å². The number of nitro benzene ring substituents is 2. The number of rotatable bonds is 4. The van der Waals surface area contributed by atoms with Gasteiger partial charge in [-0.05, 0) is 24.6 Å². The predicted molar refractivity (Wildman–Crippen MR) is 83.3 cm³/mol. The third-order valence-electron chi connectivity index (χ3n) is 3.04. The summed E-state index contributed by atoms with van der Waals surface area (Å²) in [5.74, 6) is -0.729. The molecule has 0 aliphatic carbocycles. The van der Waals surface area contributed by atoms with Gasteiger partial charge in [-0.25, -0.2) is 0 Å². The van der Waals surface area contributed by atoms with Gasteiger partial charge in [-0.3, -0.25) is 25.0 Å². The lowest BCUT2D eigenvalue weighted by molar-refractivity contribution is -0.394. The number of carbonyl (C=O) groups excluding carboxylic acids is 1. The molecule has 0 bridgehead atoms. The number of benzene rings is 2. The van der Waals surface area contributed by atoms with Gasteiger partial charge in [0.15, 0.2) is 0 Å². The molecule has 0 fully saturated rings. The number of anilines is 2. The molecule has 9 heteroatoms. The maximum Gasteiger partial charge on any atom is 0.277 e. The quantitative estimate of drug-likeness (QED) is 0.504. The van der Waals surface area contributed by atoms with Gasteiger partial charge in [-0.1, -0.05) is 6.07 Å². The second-order valence-corrected chi connectivity index (χ2v) is 4.80. The molecule has 23 heavy (non-hydrogen) atoms. The first-order chi connectivity index (χ1) is 10.8. The number of nitro groups is 2. The van der Waals surface area contributed by atoms with Gasteiger partial charge in [0.1, 0.15) is 0 Å². The lowest BCUT2D eigenvalue weighted by Gasteiger charge is -2.09. The molecule has 0 spiro atoms. The van der Waals surface area contributed by atoms with E-state index in [1.165, 1.54) is 0 Å². The summed E-state index contributed by atoms with van der Waals surface area (Å²) in [5.41, 5.74) is 6.02. The van der Waals surface area contributed by atoms with Gasteiger partial charge in [-0.2, -0.15) is 0 Å². The molecule has 0 saturated carbocycles. The van der Waals surface area contributed by atoms with Crippen molar-refractivity contribution in [2.24, 2.45) is 0 Å². The molecule has 2 aromatic carbocycles. The SMILES string of the molecule is Cc1ccc(NC(=O)c2cc([N+](=O)[O-])cc([N+](=O)[O-])c2)c(N)c1. The molecular formula is C14H12N4O5. The molecule has 0 aliphatic heterocycles. The van der Waals surface area contributed by atoms with E-state index in [0.29, 0.717) is 11.4 Å². The molecule has 0 radical (unpaired) electrons. The summed E-state index contributed by atoms with van der Waals surface area (Å²) in [6.45, 7) is 1.83. The van der Waals surface area contributed by atoms with Crippen LogP contribution >= 0.6 is 0 Å². The highest BCUT2D eigenvalue weighted by Gasteiger charge is 2.20. The first-order valence-electron chi connectivity index (χ1n) is 6.39. The van der Waals surface area contributed by atoms with Crippen molar-refractivity contribution in [2.75, 3.05) is 11.1 Å². The van der Waals surface area contributed by atoms with E-state index in [1.54, 1.807) is 18.2 Å².